The maximum atomic E-state index is 12.9. The van der Waals surface area contributed by atoms with Gasteiger partial charge in [0.25, 0.3) is 0 Å². The van der Waals surface area contributed by atoms with Crippen molar-refractivity contribution in [2.45, 2.75) is 0 Å². The van der Waals surface area contributed by atoms with Crippen molar-refractivity contribution in [3.05, 3.63) is 35.9 Å². The largest absolute Gasteiger partial charge is 0.508 e. The molecule has 2 N–H and O–H groups in total. The average Bonchev–Trinajstić information content (AvgIpc) is 2.04. The molecular weight excluding hydrogens is 175 g/mol. The fraction of sp³-hybridized carbons (Fsp3) is 0. The average molecular weight is 182 g/mol. The first-order chi connectivity index (χ1) is 6.09. The molecule has 0 bridgehead atoms. The summed E-state index contributed by atoms with van der Waals surface area (Å²) in [6.45, 7) is 0. The molecule has 0 spiro atoms. The quantitative estimate of drug-likeness (QED) is 0.685. The first-order valence-corrected chi connectivity index (χ1v) is 3.49. The minimum Gasteiger partial charge on any atom is -0.508 e. The summed E-state index contributed by atoms with van der Waals surface area (Å²) >= 11 is 0. The summed E-state index contributed by atoms with van der Waals surface area (Å²) in [6, 6.07) is 5.16. The van der Waals surface area contributed by atoms with Gasteiger partial charge in [0.2, 0.25) is 0 Å². The van der Waals surface area contributed by atoms with Crippen molar-refractivity contribution in [2.75, 3.05) is 0 Å². The van der Waals surface area contributed by atoms with E-state index in [0.717, 1.165) is 0 Å². The zero-order valence-corrected chi connectivity index (χ0v) is 6.57. The lowest BCUT2D eigenvalue weighted by Crippen LogP contribution is -1.88. The summed E-state index contributed by atoms with van der Waals surface area (Å²) in [5, 5.41) is 17.1. The molecule has 0 aliphatic rings. The molecule has 3 nitrogen and oxygen atoms in total. The number of carboxylic acids is 1. The van der Waals surface area contributed by atoms with E-state index in [-0.39, 0.29) is 11.3 Å². The Kier molecular flexibility index (Phi) is 2.64. The highest BCUT2D eigenvalue weighted by Crippen LogP contribution is 2.18. The number of hydrogen-bond donors (Lipinski definition) is 2. The van der Waals surface area contributed by atoms with Gasteiger partial charge in [-0.3, -0.25) is 0 Å². The van der Waals surface area contributed by atoms with Crippen LogP contribution in [0.1, 0.15) is 5.56 Å². The van der Waals surface area contributed by atoms with E-state index in [2.05, 4.69) is 0 Å². The Balaban J connectivity index is 2.96. The SMILES string of the molecule is O=C(O)C=C(F)c1ccc(O)cc1. The van der Waals surface area contributed by atoms with Gasteiger partial charge in [-0.1, -0.05) is 0 Å². The van der Waals surface area contributed by atoms with E-state index in [1.165, 1.54) is 24.3 Å². The Labute approximate surface area is 73.8 Å². The molecule has 0 heterocycles. The number of aliphatic carboxylic acids is 1. The maximum Gasteiger partial charge on any atom is 0.331 e. The molecule has 0 aliphatic carbocycles. The van der Waals surface area contributed by atoms with E-state index in [0.29, 0.717) is 6.08 Å². The second-order valence-electron chi connectivity index (χ2n) is 2.38. The third-order valence-electron chi connectivity index (χ3n) is 1.39. The second kappa shape index (κ2) is 3.71. The van der Waals surface area contributed by atoms with Gasteiger partial charge in [-0.15, -0.1) is 0 Å². The van der Waals surface area contributed by atoms with E-state index in [4.69, 9.17) is 10.2 Å². The predicted octanol–water partition coefficient (Wildman–Crippen LogP) is 1.79. The van der Waals surface area contributed by atoms with Crippen LogP contribution in [-0.2, 0) is 4.79 Å². The molecule has 13 heavy (non-hydrogen) atoms. The van der Waals surface area contributed by atoms with Gasteiger partial charge in [-0.05, 0) is 24.3 Å². The summed E-state index contributed by atoms with van der Waals surface area (Å²) in [6.07, 6.45) is 0.465. The third kappa shape index (κ3) is 2.59. The normalized spacial score (nSPS) is 11.3. The van der Waals surface area contributed by atoms with Crippen LogP contribution in [0.15, 0.2) is 30.3 Å². The van der Waals surface area contributed by atoms with Gasteiger partial charge < -0.3 is 10.2 Å². The zero-order valence-electron chi connectivity index (χ0n) is 6.57. The van der Waals surface area contributed by atoms with E-state index < -0.39 is 11.8 Å². The molecule has 4 heteroatoms. The van der Waals surface area contributed by atoms with Crippen molar-refractivity contribution in [3.8, 4) is 5.75 Å². The van der Waals surface area contributed by atoms with E-state index in [1.807, 2.05) is 0 Å². The molecule has 0 radical (unpaired) electrons. The van der Waals surface area contributed by atoms with Crippen LogP contribution in [-0.4, -0.2) is 16.2 Å². The molecule has 0 amide bonds. The molecule has 0 aromatic heterocycles. The molecule has 0 fully saturated rings. The molecule has 0 unspecified atom stereocenters. The number of benzene rings is 1. The lowest BCUT2D eigenvalue weighted by Gasteiger charge is -1.96. The second-order valence-corrected chi connectivity index (χ2v) is 2.38. The van der Waals surface area contributed by atoms with Crippen molar-refractivity contribution in [3.63, 3.8) is 0 Å². The summed E-state index contributed by atoms with van der Waals surface area (Å²) in [5.74, 6) is -2.18. The topological polar surface area (TPSA) is 57.5 Å². The number of hydrogen-bond acceptors (Lipinski definition) is 2. The summed E-state index contributed by atoms with van der Waals surface area (Å²) in [4.78, 5) is 10.1. The first kappa shape index (κ1) is 9.25. The highest BCUT2D eigenvalue weighted by atomic mass is 19.1. The van der Waals surface area contributed by atoms with Crippen LogP contribution < -0.4 is 0 Å². The molecule has 1 aromatic carbocycles. The maximum absolute atomic E-state index is 12.9. The summed E-state index contributed by atoms with van der Waals surface area (Å²) in [5.41, 5.74) is 0.125. The highest BCUT2D eigenvalue weighted by molar-refractivity contribution is 5.87. The van der Waals surface area contributed by atoms with Crippen LogP contribution in [0.25, 0.3) is 5.83 Å². The number of phenols is 1. The van der Waals surface area contributed by atoms with Gasteiger partial charge in [0.05, 0.1) is 6.08 Å². The summed E-state index contributed by atoms with van der Waals surface area (Å²) in [7, 11) is 0. The minimum absolute atomic E-state index is 0.00637. The standard InChI is InChI=1S/C9H7FO3/c10-8(5-9(12)13)6-1-3-7(11)4-2-6/h1-5,11H,(H,12,13). The summed E-state index contributed by atoms with van der Waals surface area (Å²) < 4.78 is 12.9. The highest BCUT2D eigenvalue weighted by Gasteiger charge is 2.01. The fourth-order valence-electron chi connectivity index (χ4n) is 0.812. The molecule has 0 aliphatic heterocycles. The Bertz CT molecular complexity index is 340. The van der Waals surface area contributed by atoms with Gasteiger partial charge in [0.15, 0.2) is 0 Å². The number of carbonyl (C=O) groups is 1. The molecule has 0 saturated heterocycles. The number of aromatic hydroxyl groups is 1. The Morgan fingerprint density at radius 1 is 1.31 bits per heavy atom. The van der Waals surface area contributed by atoms with Crippen LogP contribution in [0.5, 0.6) is 5.75 Å². The van der Waals surface area contributed by atoms with E-state index >= 15 is 0 Å². The number of rotatable bonds is 2. The smallest absolute Gasteiger partial charge is 0.331 e. The van der Waals surface area contributed by atoms with Gasteiger partial charge >= 0.3 is 5.97 Å². The Morgan fingerprint density at radius 2 is 1.85 bits per heavy atom. The number of phenolic OH excluding ortho intramolecular Hbond substituents is 1. The van der Waals surface area contributed by atoms with Crippen molar-refractivity contribution >= 4 is 11.8 Å². The van der Waals surface area contributed by atoms with Crippen molar-refractivity contribution in [2.24, 2.45) is 0 Å². The lowest BCUT2D eigenvalue weighted by molar-refractivity contribution is -0.131. The van der Waals surface area contributed by atoms with Crippen LogP contribution in [0.2, 0.25) is 0 Å². The van der Waals surface area contributed by atoms with Crippen molar-refractivity contribution in [1.29, 1.82) is 0 Å². The van der Waals surface area contributed by atoms with Crippen LogP contribution in [0.4, 0.5) is 4.39 Å². The first-order valence-electron chi connectivity index (χ1n) is 3.49. The number of carboxylic acid groups (broad SMARTS) is 1. The minimum atomic E-state index is -1.34. The molecule has 68 valence electrons. The molecule has 0 atom stereocenters. The van der Waals surface area contributed by atoms with Crippen LogP contribution >= 0.6 is 0 Å². The van der Waals surface area contributed by atoms with Gasteiger partial charge in [-0.2, -0.15) is 0 Å². The number of halogens is 1. The van der Waals surface area contributed by atoms with Gasteiger partial charge in [-0.25, -0.2) is 9.18 Å². The molecule has 1 aromatic rings. The van der Waals surface area contributed by atoms with Crippen LogP contribution in [0.3, 0.4) is 0 Å². The molecule has 0 saturated carbocycles. The van der Waals surface area contributed by atoms with E-state index in [1.54, 1.807) is 0 Å². The third-order valence-corrected chi connectivity index (χ3v) is 1.39. The van der Waals surface area contributed by atoms with E-state index in [9.17, 15) is 9.18 Å². The van der Waals surface area contributed by atoms with Crippen LogP contribution in [0, 0.1) is 0 Å². The van der Waals surface area contributed by atoms with Crippen molar-refractivity contribution < 1.29 is 19.4 Å². The molecule has 1 rings (SSSR count). The Hall–Kier alpha value is -1.84. The fourth-order valence-corrected chi connectivity index (χ4v) is 0.812. The predicted molar refractivity (Wildman–Crippen MR) is 44.8 cm³/mol. The zero-order chi connectivity index (χ0) is 9.84. The van der Waals surface area contributed by atoms with Gasteiger partial charge in [0.1, 0.15) is 11.6 Å². The molecular formula is C9H7FO3. The monoisotopic (exact) mass is 182 g/mol. The van der Waals surface area contributed by atoms with Crippen molar-refractivity contribution in [1.82, 2.24) is 0 Å². The lowest BCUT2D eigenvalue weighted by atomic mass is 10.2. The Morgan fingerprint density at radius 3 is 2.31 bits per heavy atom. The van der Waals surface area contributed by atoms with Gasteiger partial charge in [0, 0.05) is 5.56 Å².